The minimum atomic E-state index is -4.06. The van der Waals surface area contributed by atoms with Crippen molar-refractivity contribution in [3.63, 3.8) is 0 Å². The van der Waals surface area contributed by atoms with E-state index in [4.69, 9.17) is 4.74 Å². The van der Waals surface area contributed by atoms with Crippen LogP contribution in [0, 0.1) is 0 Å². The Kier molecular flexibility index (Phi) is 4.81. The zero-order valence-corrected chi connectivity index (χ0v) is 9.86. The van der Waals surface area contributed by atoms with Crippen LogP contribution in [0.1, 0.15) is 0 Å². The first-order chi connectivity index (χ1) is 7.95. The monoisotopic (exact) mass is 264 g/mol. The summed E-state index contributed by atoms with van der Waals surface area (Å²) in [4.78, 5) is 9.48. The van der Waals surface area contributed by atoms with Crippen molar-refractivity contribution in [2.45, 2.75) is 0 Å². The van der Waals surface area contributed by atoms with Crippen molar-refractivity contribution in [3.8, 4) is 5.75 Å². The van der Waals surface area contributed by atoms with E-state index in [2.05, 4.69) is 4.52 Å². The third-order valence-corrected chi connectivity index (χ3v) is 3.34. The molecule has 0 aromatic heterocycles. The molecule has 4 nitrogen and oxygen atoms in total. The molecule has 0 bridgehead atoms. The Hall–Kier alpha value is -1.23. The normalized spacial score (nSPS) is 13.9. The predicted molar refractivity (Wildman–Crippen MR) is 58.7 cm³/mol. The molecule has 1 rings (SSSR count). The van der Waals surface area contributed by atoms with Crippen LogP contribution in [0.4, 0.5) is 8.78 Å². The van der Waals surface area contributed by atoms with E-state index in [1.807, 2.05) is 0 Å². The molecule has 1 aromatic carbocycles. The predicted octanol–water partition coefficient (Wildman–Crippen LogP) is 2.30. The maximum absolute atomic E-state index is 11.7. The Morgan fingerprint density at radius 1 is 1.41 bits per heavy atom. The van der Waals surface area contributed by atoms with Crippen molar-refractivity contribution in [2.75, 3.05) is 13.7 Å². The lowest BCUT2D eigenvalue weighted by Crippen LogP contribution is -2.07. The van der Waals surface area contributed by atoms with Gasteiger partial charge < -0.3 is 14.2 Å². The van der Waals surface area contributed by atoms with Gasteiger partial charge in [-0.2, -0.15) is 8.78 Å². The van der Waals surface area contributed by atoms with Gasteiger partial charge in [0.2, 0.25) is 0 Å². The zero-order valence-electron chi connectivity index (χ0n) is 8.97. The standard InChI is InChI=1S/C10H11F2O4P/c1-15-8-2-4-9(5-3-8)17(13,14)16-7-6-10(11)12/h2-6H,7H2,1H3,(H,13,14). The Morgan fingerprint density at radius 3 is 2.47 bits per heavy atom. The molecule has 0 aliphatic heterocycles. The molecule has 17 heavy (non-hydrogen) atoms. The number of ether oxygens (including phenoxy) is 1. The number of hydrogen-bond donors (Lipinski definition) is 1. The second-order valence-corrected chi connectivity index (χ2v) is 4.82. The minimum absolute atomic E-state index is 0.0194. The van der Waals surface area contributed by atoms with Gasteiger partial charge in [0.1, 0.15) is 5.75 Å². The van der Waals surface area contributed by atoms with Crippen LogP contribution in [0.3, 0.4) is 0 Å². The van der Waals surface area contributed by atoms with E-state index >= 15 is 0 Å². The molecule has 0 radical (unpaired) electrons. The van der Waals surface area contributed by atoms with Gasteiger partial charge in [-0.15, -0.1) is 0 Å². The highest BCUT2D eigenvalue weighted by molar-refractivity contribution is 7.61. The molecule has 0 heterocycles. The summed E-state index contributed by atoms with van der Waals surface area (Å²) in [5.41, 5.74) is 0. The molecule has 1 N–H and O–H groups in total. The molecule has 0 saturated carbocycles. The summed E-state index contributed by atoms with van der Waals surface area (Å²) in [6.45, 7) is -0.623. The van der Waals surface area contributed by atoms with Crippen LogP contribution in [-0.2, 0) is 9.09 Å². The van der Waals surface area contributed by atoms with Crippen LogP contribution in [0.25, 0.3) is 0 Å². The molecule has 94 valence electrons. The highest BCUT2D eigenvalue weighted by Gasteiger charge is 2.22. The number of hydrogen-bond acceptors (Lipinski definition) is 3. The number of benzene rings is 1. The summed E-state index contributed by atoms with van der Waals surface area (Å²) in [6.07, 6.45) is -1.54. The van der Waals surface area contributed by atoms with Crippen LogP contribution in [-0.4, -0.2) is 18.6 Å². The van der Waals surface area contributed by atoms with Crippen molar-refractivity contribution in [2.24, 2.45) is 0 Å². The molecule has 1 unspecified atom stereocenters. The summed E-state index contributed by atoms with van der Waals surface area (Å²) in [7, 11) is -2.61. The Labute approximate surface area is 97.0 Å². The molecule has 1 atom stereocenters. The smallest absolute Gasteiger partial charge is 0.359 e. The fourth-order valence-electron chi connectivity index (χ4n) is 1.05. The molecular weight excluding hydrogens is 253 g/mol. The quantitative estimate of drug-likeness (QED) is 0.829. The molecule has 1 aromatic rings. The van der Waals surface area contributed by atoms with Gasteiger partial charge >= 0.3 is 7.60 Å². The van der Waals surface area contributed by atoms with E-state index in [0.717, 1.165) is 0 Å². The van der Waals surface area contributed by atoms with Crippen LogP contribution < -0.4 is 10.0 Å². The van der Waals surface area contributed by atoms with E-state index in [0.29, 0.717) is 11.8 Å². The lowest BCUT2D eigenvalue weighted by atomic mass is 10.3. The molecule has 0 saturated heterocycles. The van der Waals surface area contributed by atoms with Gasteiger partial charge in [0.15, 0.2) is 0 Å². The van der Waals surface area contributed by atoms with Gasteiger partial charge in [0.25, 0.3) is 6.08 Å². The lowest BCUT2D eigenvalue weighted by Gasteiger charge is -2.11. The molecule has 0 spiro atoms. The van der Waals surface area contributed by atoms with Gasteiger partial charge in [0.05, 0.1) is 19.0 Å². The summed E-state index contributed by atoms with van der Waals surface area (Å²) in [5.74, 6) is 0.517. The van der Waals surface area contributed by atoms with Crippen molar-refractivity contribution in [3.05, 3.63) is 36.4 Å². The third-order valence-electron chi connectivity index (χ3n) is 1.89. The van der Waals surface area contributed by atoms with Gasteiger partial charge in [-0.1, -0.05) is 0 Å². The average molecular weight is 264 g/mol. The molecule has 0 aliphatic carbocycles. The Morgan fingerprint density at radius 2 is 2.00 bits per heavy atom. The Bertz CT molecular complexity index is 440. The maximum atomic E-state index is 11.7. The molecule has 0 aliphatic rings. The van der Waals surface area contributed by atoms with Gasteiger partial charge in [-0.3, -0.25) is 4.57 Å². The van der Waals surface area contributed by atoms with Crippen LogP contribution in [0.15, 0.2) is 36.4 Å². The van der Waals surface area contributed by atoms with E-state index in [-0.39, 0.29) is 5.30 Å². The summed E-state index contributed by atoms with van der Waals surface area (Å²) in [6, 6.07) is 5.64. The number of methoxy groups -OCH3 is 1. The van der Waals surface area contributed by atoms with Crippen molar-refractivity contribution >= 4 is 12.9 Å². The molecule has 0 fully saturated rings. The van der Waals surface area contributed by atoms with E-state index in [1.54, 1.807) is 0 Å². The van der Waals surface area contributed by atoms with E-state index < -0.39 is 20.3 Å². The SMILES string of the molecule is COc1ccc(P(=O)(O)OCC=C(F)F)cc1. The highest BCUT2D eigenvalue weighted by Crippen LogP contribution is 2.40. The summed E-state index contributed by atoms with van der Waals surface area (Å²) < 4.78 is 44.4. The lowest BCUT2D eigenvalue weighted by molar-refractivity contribution is 0.292. The van der Waals surface area contributed by atoms with Crippen LogP contribution in [0.5, 0.6) is 5.75 Å². The van der Waals surface area contributed by atoms with Gasteiger partial charge in [-0.05, 0) is 24.3 Å². The topological polar surface area (TPSA) is 55.8 Å². The fraction of sp³-hybridized carbons (Fsp3) is 0.200. The third kappa shape index (κ3) is 4.26. The second-order valence-electron chi connectivity index (χ2n) is 3.01. The Balaban J connectivity index is 2.74. The summed E-state index contributed by atoms with van der Waals surface area (Å²) >= 11 is 0. The number of halogens is 2. The van der Waals surface area contributed by atoms with E-state index in [9.17, 15) is 18.2 Å². The second kappa shape index (κ2) is 5.91. The van der Waals surface area contributed by atoms with Crippen molar-refractivity contribution < 1.29 is 27.5 Å². The number of rotatable bonds is 5. The summed E-state index contributed by atoms with van der Waals surface area (Å²) in [5, 5.41) is 0.0194. The van der Waals surface area contributed by atoms with Crippen molar-refractivity contribution in [1.82, 2.24) is 0 Å². The minimum Gasteiger partial charge on any atom is -0.497 e. The highest BCUT2D eigenvalue weighted by atomic mass is 31.2. The first-order valence-corrected chi connectivity index (χ1v) is 6.16. The molecule has 7 heteroatoms. The zero-order chi connectivity index (χ0) is 12.9. The van der Waals surface area contributed by atoms with Gasteiger partial charge in [-0.25, -0.2) is 0 Å². The largest absolute Gasteiger partial charge is 0.497 e. The first-order valence-electron chi connectivity index (χ1n) is 4.59. The van der Waals surface area contributed by atoms with Crippen LogP contribution >= 0.6 is 7.60 Å². The van der Waals surface area contributed by atoms with E-state index in [1.165, 1.54) is 31.4 Å². The average Bonchev–Trinajstić information content (AvgIpc) is 2.28. The fourth-order valence-corrected chi connectivity index (χ4v) is 2.00. The molecule has 0 amide bonds. The van der Waals surface area contributed by atoms with Crippen molar-refractivity contribution in [1.29, 1.82) is 0 Å². The van der Waals surface area contributed by atoms with Crippen LogP contribution in [0.2, 0.25) is 0 Å². The first kappa shape index (κ1) is 13.8. The maximum Gasteiger partial charge on any atom is 0.359 e. The van der Waals surface area contributed by atoms with Gasteiger partial charge in [0, 0.05) is 6.08 Å². The molecular formula is C10H11F2O4P.